The van der Waals surface area contributed by atoms with Crippen LogP contribution < -0.4 is 14.8 Å². The van der Waals surface area contributed by atoms with Crippen molar-refractivity contribution in [2.45, 2.75) is 32.3 Å². The van der Waals surface area contributed by atoms with Crippen molar-refractivity contribution in [3.63, 3.8) is 0 Å². The van der Waals surface area contributed by atoms with Gasteiger partial charge < -0.3 is 29.2 Å². The smallest absolute Gasteiger partial charge is 0.255 e. The second-order valence-corrected chi connectivity index (χ2v) is 7.87. The highest BCUT2D eigenvalue weighted by molar-refractivity contribution is 5.98. The summed E-state index contributed by atoms with van der Waals surface area (Å²) in [6.07, 6.45) is 2.94. The van der Waals surface area contributed by atoms with Gasteiger partial charge in [0.15, 0.2) is 11.5 Å². The number of nitrogens with zero attached hydrogens (tertiary/aromatic N) is 1. The Balaban J connectivity index is 1.59. The van der Waals surface area contributed by atoms with E-state index >= 15 is 0 Å². The number of hydrogen-bond donors (Lipinski definition) is 1. The molecule has 162 valence electrons. The minimum Gasteiger partial charge on any atom is -0.490 e. The van der Waals surface area contributed by atoms with Gasteiger partial charge in [0.1, 0.15) is 0 Å². The number of amides is 1. The highest BCUT2D eigenvalue weighted by Crippen LogP contribution is 2.34. The average Bonchev–Trinajstić information content (AvgIpc) is 2.97. The van der Waals surface area contributed by atoms with Crippen LogP contribution in [0.1, 0.15) is 35.2 Å². The third-order valence-corrected chi connectivity index (χ3v) is 5.67. The number of hydrogen-bond acceptors (Lipinski definition) is 6. The first-order valence-corrected chi connectivity index (χ1v) is 10.5. The van der Waals surface area contributed by atoms with Crippen LogP contribution in [-0.4, -0.2) is 77.1 Å². The second-order valence-electron chi connectivity index (χ2n) is 7.87. The molecule has 1 saturated heterocycles. The van der Waals surface area contributed by atoms with Crippen LogP contribution >= 0.6 is 0 Å². The molecule has 3 rings (SSSR count). The van der Waals surface area contributed by atoms with Crippen LogP contribution in [0.15, 0.2) is 12.1 Å². The lowest BCUT2D eigenvalue weighted by Crippen LogP contribution is -2.48. The summed E-state index contributed by atoms with van der Waals surface area (Å²) < 4.78 is 22.5. The molecule has 29 heavy (non-hydrogen) atoms. The number of likely N-dealkylation sites (tertiary alicyclic amines) is 1. The molecule has 0 aromatic heterocycles. The van der Waals surface area contributed by atoms with E-state index in [9.17, 15) is 4.79 Å². The zero-order valence-corrected chi connectivity index (χ0v) is 17.9. The minimum atomic E-state index is -0.118. The molecular weight excluding hydrogens is 372 g/mol. The maximum absolute atomic E-state index is 12.9. The van der Waals surface area contributed by atoms with Gasteiger partial charge in [-0.05, 0) is 44.0 Å². The number of carbonyl (C=O) groups is 1. The summed E-state index contributed by atoms with van der Waals surface area (Å²) >= 11 is 0. The lowest BCUT2D eigenvalue weighted by Gasteiger charge is -2.37. The molecule has 2 atom stereocenters. The quantitative estimate of drug-likeness (QED) is 0.668. The van der Waals surface area contributed by atoms with Crippen molar-refractivity contribution in [1.82, 2.24) is 10.2 Å². The van der Waals surface area contributed by atoms with Gasteiger partial charge in [-0.3, -0.25) is 4.79 Å². The van der Waals surface area contributed by atoms with E-state index in [0.717, 1.165) is 51.1 Å². The molecule has 2 heterocycles. The monoisotopic (exact) mass is 406 g/mol. The molecule has 2 aliphatic rings. The van der Waals surface area contributed by atoms with Gasteiger partial charge in [0.2, 0.25) is 0 Å². The van der Waals surface area contributed by atoms with E-state index < -0.39 is 0 Å². The molecule has 0 unspecified atom stereocenters. The number of aryl methyl sites for hydroxylation is 1. The van der Waals surface area contributed by atoms with Crippen molar-refractivity contribution in [2.24, 2.45) is 5.92 Å². The number of benzene rings is 1. The van der Waals surface area contributed by atoms with E-state index in [2.05, 4.69) is 10.2 Å². The Kier molecular flexibility index (Phi) is 8.15. The Bertz CT molecular complexity index is 681. The highest BCUT2D eigenvalue weighted by Gasteiger charge is 2.30. The fourth-order valence-electron chi connectivity index (χ4n) is 4.06. The highest BCUT2D eigenvalue weighted by atomic mass is 16.5. The second kappa shape index (κ2) is 10.8. The molecule has 0 aliphatic carbocycles. The molecule has 0 radical (unpaired) electrons. The van der Waals surface area contributed by atoms with E-state index in [-0.39, 0.29) is 12.0 Å². The summed E-state index contributed by atoms with van der Waals surface area (Å²) in [7, 11) is 3.49. The average molecular weight is 407 g/mol. The number of ether oxygens (including phenoxy) is 4. The first kappa shape index (κ1) is 21.9. The molecule has 1 N–H and O–H groups in total. The molecule has 0 spiro atoms. The summed E-state index contributed by atoms with van der Waals surface area (Å²) in [5.74, 6) is 1.39. The van der Waals surface area contributed by atoms with E-state index in [1.54, 1.807) is 14.2 Å². The first-order valence-electron chi connectivity index (χ1n) is 10.5. The molecule has 7 heteroatoms. The molecule has 1 fully saturated rings. The fourth-order valence-corrected chi connectivity index (χ4v) is 4.06. The van der Waals surface area contributed by atoms with E-state index in [4.69, 9.17) is 18.9 Å². The normalized spacial score (nSPS) is 22.2. The predicted octanol–water partition coefficient (Wildman–Crippen LogP) is 2.26. The number of rotatable bonds is 8. The summed E-state index contributed by atoms with van der Waals surface area (Å²) in [5.41, 5.74) is 1.53. The van der Waals surface area contributed by atoms with Gasteiger partial charge in [0.05, 0.1) is 24.9 Å². The van der Waals surface area contributed by atoms with Crippen LogP contribution in [0.2, 0.25) is 0 Å². The van der Waals surface area contributed by atoms with Gasteiger partial charge in [-0.2, -0.15) is 0 Å². The number of piperidine rings is 1. The van der Waals surface area contributed by atoms with Gasteiger partial charge in [-0.25, -0.2) is 0 Å². The Morgan fingerprint density at radius 3 is 2.90 bits per heavy atom. The number of nitrogens with one attached hydrogen (secondary N) is 1. The van der Waals surface area contributed by atoms with Gasteiger partial charge in [0.25, 0.3) is 5.91 Å². The van der Waals surface area contributed by atoms with Crippen molar-refractivity contribution in [1.29, 1.82) is 0 Å². The van der Waals surface area contributed by atoms with Crippen LogP contribution in [-0.2, 0) is 9.47 Å². The Hall–Kier alpha value is -1.83. The van der Waals surface area contributed by atoms with Gasteiger partial charge >= 0.3 is 0 Å². The van der Waals surface area contributed by atoms with Crippen molar-refractivity contribution >= 4 is 5.91 Å². The third kappa shape index (κ3) is 5.84. The molecular formula is C22H34N2O5. The van der Waals surface area contributed by atoms with Crippen molar-refractivity contribution in [3.05, 3.63) is 23.3 Å². The number of carbonyl (C=O) groups excluding carboxylic acids is 1. The Morgan fingerprint density at radius 1 is 1.28 bits per heavy atom. The van der Waals surface area contributed by atoms with Crippen molar-refractivity contribution in [2.75, 3.05) is 60.2 Å². The van der Waals surface area contributed by atoms with E-state index in [1.165, 1.54) is 0 Å². The third-order valence-electron chi connectivity index (χ3n) is 5.67. The van der Waals surface area contributed by atoms with Crippen LogP contribution in [0.5, 0.6) is 11.5 Å². The SMILES string of the molecule is COCCCN1CC[C@@H](CNC(=O)c2cc(C)cc3c2OCCCO3)[C@H](OC)C1. The lowest BCUT2D eigenvalue weighted by atomic mass is 9.93. The van der Waals surface area contributed by atoms with Crippen LogP contribution in [0.3, 0.4) is 0 Å². The summed E-state index contributed by atoms with van der Waals surface area (Å²) in [4.78, 5) is 15.4. The largest absolute Gasteiger partial charge is 0.490 e. The fraction of sp³-hybridized carbons (Fsp3) is 0.682. The van der Waals surface area contributed by atoms with Gasteiger partial charge in [-0.1, -0.05) is 0 Å². The van der Waals surface area contributed by atoms with Crippen molar-refractivity contribution < 1.29 is 23.7 Å². The standard InChI is InChI=1S/C22H34N2O5/c1-16-12-18(21-19(13-16)28-10-5-11-29-21)22(25)23-14-17-6-8-24(7-4-9-26-2)15-20(17)27-3/h12-13,17,20H,4-11,14-15H2,1-3H3,(H,23,25)/t17-,20+/m0/s1. The first-order chi connectivity index (χ1) is 14.1. The van der Waals surface area contributed by atoms with Crippen LogP contribution in [0.25, 0.3) is 0 Å². The topological polar surface area (TPSA) is 69.3 Å². The molecule has 0 bridgehead atoms. The molecule has 7 nitrogen and oxygen atoms in total. The van der Waals surface area contributed by atoms with Crippen LogP contribution in [0, 0.1) is 12.8 Å². The maximum atomic E-state index is 12.9. The molecule has 1 amide bonds. The Morgan fingerprint density at radius 2 is 2.10 bits per heavy atom. The predicted molar refractivity (Wildman–Crippen MR) is 111 cm³/mol. The molecule has 1 aromatic rings. The number of methoxy groups -OCH3 is 2. The maximum Gasteiger partial charge on any atom is 0.255 e. The minimum absolute atomic E-state index is 0.112. The molecule has 1 aromatic carbocycles. The molecule has 2 aliphatic heterocycles. The van der Waals surface area contributed by atoms with E-state index in [1.807, 2.05) is 19.1 Å². The summed E-state index contributed by atoms with van der Waals surface area (Å²) in [6.45, 7) is 7.41. The number of fused-ring (bicyclic) bond motifs is 1. The van der Waals surface area contributed by atoms with Crippen LogP contribution in [0.4, 0.5) is 0 Å². The van der Waals surface area contributed by atoms with Crippen molar-refractivity contribution in [3.8, 4) is 11.5 Å². The zero-order valence-electron chi connectivity index (χ0n) is 17.9. The molecule has 0 saturated carbocycles. The lowest BCUT2D eigenvalue weighted by molar-refractivity contribution is -0.0121. The van der Waals surface area contributed by atoms with E-state index in [0.29, 0.717) is 42.7 Å². The zero-order chi connectivity index (χ0) is 20.6. The summed E-state index contributed by atoms with van der Waals surface area (Å²) in [6, 6.07) is 3.80. The van der Waals surface area contributed by atoms with Gasteiger partial charge in [0, 0.05) is 52.8 Å². The summed E-state index contributed by atoms with van der Waals surface area (Å²) in [5, 5.41) is 3.10. The Labute approximate surface area is 173 Å². The van der Waals surface area contributed by atoms with Gasteiger partial charge in [-0.15, -0.1) is 0 Å².